The number of benzene rings is 1. The van der Waals surface area contributed by atoms with Crippen LogP contribution in [0.15, 0.2) is 45.4 Å². The molecule has 8 heteroatoms. The van der Waals surface area contributed by atoms with E-state index in [0.29, 0.717) is 18.0 Å². The molecule has 1 atom stereocenters. The first-order valence-electron chi connectivity index (χ1n) is 9.22. The van der Waals surface area contributed by atoms with E-state index in [2.05, 4.69) is 15.6 Å². The Balaban J connectivity index is 1.39. The molecule has 4 rings (SSSR count). The monoisotopic (exact) mass is 382 g/mol. The smallest absolute Gasteiger partial charge is 0.318 e. The molecule has 2 amide bonds. The molecule has 0 spiro atoms. The Hall–Kier alpha value is -3.29. The van der Waals surface area contributed by atoms with Crippen molar-refractivity contribution >= 4 is 6.03 Å². The Morgan fingerprint density at radius 3 is 2.96 bits per heavy atom. The zero-order valence-electron chi connectivity index (χ0n) is 15.8. The molecule has 0 unspecified atom stereocenters. The zero-order valence-corrected chi connectivity index (χ0v) is 15.8. The maximum atomic E-state index is 12.7. The lowest BCUT2D eigenvalue weighted by atomic mass is 10.1. The molecule has 1 fully saturated rings. The van der Waals surface area contributed by atoms with Gasteiger partial charge in [-0.25, -0.2) is 4.79 Å². The summed E-state index contributed by atoms with van der Waals surface area (Å²) in [4.78, 5) is 14.4. The van der Waals surface area contributed by atoms with Gasteiger partial charge in [0.15, 0.2) is 5.76 Å². The molecule has 0 aliphatic carbocycles. The topological polar surface area (TPSA) is 93.6 Å². The summed E-state index contributed by atoms with van der Waals surface area (Å²) in [5.41, 5.74) is 2.32. The number of aryl methyl sites for hydroxylation is 1. The molecule has 2 aromatic heterocycles. The predicted molar refractivity (Wildman–Crippen MR) is 101 cm³/mol. The molecule has 8 nitrogen and oxygen atoms in total. The number of rotatable bonds is 5. The average molecular weight is 382 g/mol. The van der Waals surface area contributed by atoms with E-state index in [1.54, 1.807) is 12.0 Å². The first-order chi connectivity index (χ1) is 13.6. The molecule has 1 saturated heterocycles. The molecule has 0 radical (unpaired) electrons. The number of ether oxygens (including phenoxy) is 1. The SMILES string of the molecule is COc1cccc(-c2cc(CNC(=O)N3CCC[C@@H]3c3cc(C)on3)no2)c1. The maximum absolute atomic E-state index is 12.7. The highest BCUT2D eigenvalue weighted by Gasteiger charge is 2.32. The van der Waals surface area contributed by atoms with Gasteiger partial charge in [0.05, 0.1) is 19.7 Å². The quantitative estimate of drug-likeness (QED) is 0.723. The van der Waals surface area contributed by atoms with Crippen molar-refractivity contribution in [3.05, 3.63) is 53.5 Å². The lowest BCUT2D eigenvalue weighted by Crippen LogP contribution is -2.39. The summed E-state index contributed by atoms with van der Waals surface area (Å²) in [5, 5.41) is 11.0. The van der Waals surface area contributed by atoms with E-state index in [9.17, 15) is 4.79 Å². The molecule has 3 aromatic rings. The van der Waals surface area contributed by atoms with Gasteiger partial charge >= 0.3 is 6.03 Å². The van der Waals surface area contributed by atoms with Crippen molar-refractivity contribution in [1.29, 1.82) is 0 Å². The summed E-state index contributed by atoms with van der Waals surface area (Å²) < 4.78 is 15.8. The maximum Gasteiger partial charge on any atom is 0.318 e. The summed E-state index contributed by atoms with van der Waals surface area (Å²) in [6.45, 7) is 2.82. The standard InChI is InChI=1S/C20H22N4O4/c1-13-9-17(23-27-13)18-7-4-8-24(18)20(25)21-12-15-11-19(28-22-15)14-5-3-6-16(10-14)26-2/h3,5-6,9-11,18H,4,7-8,12H2,1-2H3,(H,21,25)/t18-/m1/s1. The Morgan fingerprint density at radius 1 is 1.29 bits per heavy atom. The van der Waals surface area contributed by atoms with E-state index >= 15 is 0 Å². The van der Waals surface area contributed by atoms with Crippen molar-refractivity contribution in [3.63, 3.8) is 0 Å². The van der Waals surface area contributed by atoms with E-state index in [1.807, 2.05) is 43.3 Å². The number of aromatic nitrogens is 2. The van der Waals surface area contributed by atoms with E-state index in [0.717, 1.165) is 35.6 Å². The zero-order chi connectivity index (χ0) is 19.5. The van der Waals surface area contributed by atoms with E-state index < -0.39 is 0 Å². The lowest BCUT2D eigenvalue weighted by molar-refractivity contribution is 0.190. The van der Waals surface area contributed by atoms with Gasteiger partial charge < -0.3 is 24.0 Å². The summed E-state index contributed by atoms with van der Waals surface area (Å²) in [6, 6.07) is 11.0. The molecule has 1 aromatic carbocycles. The fraction of sp³-hybridized carbons (Fsp3) is 0.350. The highest BCUT2D eigenvalue weighted by Crippen LogP contribution is 2.31. The van der Waals surface area contributed by atoms with Crippen molar-refractivity contribution in [2.45, 2.75) is 32.4 Å². The molecule has 0 bridgehead atoms. The fourth-order valence-electron chi connectivity index (χ4n) is 3.44. The number of nitrogens with one attached hydrogen (secondary N) is 1. The van der Waals surface area contributed by atoms with Crippen LogP contribution in [0, 0.1) is 6.92 Å². The van der Waals surface area contributed by atoms with Crippen LogP contribution in [0.1, 0.15) is 36.0 Å². The number of amides is 2. The fourth-order valence-corrected chi connectivity index (χ4v) is 3.44. The highest BCUT2D eigenvalue weighted by atomic mass is 16.5. The lowest BCUT2D eigenvalue weighted by Gasteiger charge is -2.23. The number of carbonyl (C=O) groups excluding carboxylic acids is 1. The van der Waals surface area contributed by atoms with Crippen LogP contribution in [0.25, 0.3) is 11.3 Å². The first kappa shape index (κ1) is 18.1. The van der Waals surface area contributed by atoms with Crippen molar-refractivity contribution < 1.29 is 18.6 Å². The molecular weight excluding hydrogens is 360 g/mol. The summed E-state index contributed by atoms with van der Waals surface area (Å²) in [5.74, 6) is 2.11. The minimum atomic E-state index is -0.144. The van der Waals surface area contributed by atoms with Crippen molar-refractivity contribution in [2.75, 3.05) is 13.7 Å². The number of nitrogens with zero attached hydrogens (tertiary/aromatic N) is 3. The number of hydrogen-bond donors (Lipinski definition) is 1. The normalized spacial score (nSPS) is 16.4. The second kappa shape index (κ2) is 7.75. The van der Waals surface area contributed by atoms with Gasteiger partial charge in [-0.05, 0) is 31.9 Å². The van der Waals surface area contributed by atoms with E-state index in [4.69, 9.17) is 13.8 Å². The van der Waals surface area contributed by atoms with Gasteiger partial charge in [-0.2, -0.15) is 0 Å². The molecule has 1 N–H and O–H groups in total. The van der Waals surface area contributed by atoms with Crippen LogP contribution in [0.5, 0.6) is 5.75 Å². The Bertz CT molecular complexity index is 965. The van der Waals surface area contributed by atoms with Crippen LogP contribution in [-0.4, -0.2) is 34.9 Å². The summed E-state index contributed by atoms with van der Waals surface area (Å²) >= 11 is 0. The van der Waals surface area contributed by atoms with Crippen molar-refractivity contribution in [3.8, 4) is 17.1 Å². The molecule has 3 heterocycles. The molecular formula is C20H22N4O4. The number of hydrogen-bond acceptors (Lipinski definition) is 6. The number of urea groups is 1. The van der Waals surface area contributed by atoms with Crippen LogP contribution in [-0.2, 0) is 6.54 Å². The molecule has 146 valence electrons. The third-order valence-corrected chi connectivity index (χ3v) is 4.84. The van der Waals surface area contributed by atoms with Gasteiger partial charge in [-0.15, -0.1) is 0 Å². The van der Waals surface area contributed by atoms with Gasteiger partial charge in [0.2, 0.25) is 0 Å². The Labute approximate surface area is 162 Å². The minimum absolute atomic E-state index is 0.0536. The van der Waals surface area contributed by atoms with Gasteiger partial charge in [0.25, 0.3) is 0 Å². The number of carbonyl (C=O) groups is 1. The molecule has 1 aliphatic heterocycles. The summed E-state index contributed by atoms with van der Waals surface area (Å²) in [7, 11) is 1.62. The van der Waals surface area contributed by atoms with Crippen LogP contribution >= 0.6 is 0 Å². The van der Waals surface area contributed by atoms with Crippen LogP contribution in [0.2, 0.25) is 0 Å². The first-order valence-corrected chi connectivity index (χ1v) is 9.22. The van der Waals surface area contributed by atoms with Gasteiger partial charge in [0, 0.05) is 24.2 Å². The minimum Gasteiger partial charge on any atom is -0.497 e. The van der Waals surface area contributed by atoms with Gasteiger partial charge in [-0.1, -0.05) is 22.4 Å². The molecule has 0 saturated carbocycles. The second-order valence-corrected chi connectivity index (χ2v) is 6.79. The van der Waals surface area contributed by atoms with E-state index in [-0.39, 0.29) is 18.6 Å². The van der Waals surface area contributed by atoms with Crippen molar-refractivity contribution in [1.82, 2.24) is 20.5 Å². The van der Waals surface area contributed by atoms with Gasteiger partial charge in [0.1, 0.15) is 22.9 Å². The Kier molecular flexibility index (Phi) is 5.01. The van der Waals surface area contributed by atoms with Crippen LogP contribution < -0.4 is 10.1 Å². The van der Waals surface area contributed by atoms with Crippen LogP contribution in [0.3, 0.4) is 0 Å². The average Bonchev–Trinajstić information content (AvgIpc) is 3.46. The highest BCUT2D eigenvalue weighted by molar-refractivity contribution is 5.75. The molecule has 28 heavy (non-hydrogen) atoms. The predicted octanol–water partition coefficient (Wildman–Crippen LogP) is 3.69. The number of likely N-dealkylation sites (tertiary alicyclic amines) is 1. The molecule has 1 aliphatic rings. The van der Waals surface area contributed by atoms with Gasteiger partial charge in [-0.3, -0.25) is 0 Å². The summed E-state index contributed by atoms with van der Waals surface area (Å²) in [6.07, 6.45) is 1.82. The third kappa shape index (κ3) is 3.71. The Morgan fingerprint density at radius 2 is 2.18 bits per heavy atom. The van der Waals surface area contributed by atoms with Crippen molar-refractivity contribution in [2.24, 2.45) is 0 Å². The number of methoxy groups -OCH3 is 1. The van der Waals surface area contributed by atoms with E-state index in [1.165, 1.54) is 0 Å². The second-order valence-electron chi connectivity index (χ2n) is 6.79. The third-order valence-electron chi connectivity index (χ3n) is 4.84. The largest absolute Gasteiger partial charge is 0.497 e. The van der Waals surface area contributed by atoms with Crippen LogP contribution in [0.4, 0.5) is 4.79 Å².